The van der Waals surface area contributed by atoms with Crippen LogP contribution < -0.4 is 5.32 Å². The Morgan fingerprint density at radius 1 is 0.952 bits per heavy atom. The maximum absolute atomic E-state index is 3.57. The molecule has 0 saturated carbocycles. The summed E-state index contributed by atoms with van der Waals surface area (Å²) >= 11 is 0. The molecule has 0 unspecified atom stereocenters. The van der Waals surface area contributed by atoms with E-state index >= 15 is 0 Å². The van der Waals surface area contributed by atoms with Crippen molar-refractivity contribution in [2.75, 3.05) is 0 Å². The SMILES string of the molecule is Cc1cccc(CNCc2c(C)c3ccccc3n2C)c1. The first kappa shape index (κ1) is 13.9. The third-order valence-electron chi connectivity index (χ3n) is 4.21. The highest BCUT2D eigenvalue weighted by molar-refractivity contribution is 5.85. The standard InChI is InChI=1S/C19H22N2/c1-14-7-6-8-16(11-14)12-20-13-19-15(2)17-9-4-5-10-18(17)21(19)3/h4-11,20H,12-13H2,1-3H3. The number of rotatable bonds is 4. The number of hydrogen-bond donors (Lipinski definition) is 1. The van der Waals surface area contributed by atoms with Gasteiger partial charge in [0.2, 0.25) is 0 Å². The van der Waals surface area contributed by atoms with Gasteiger partial charge in [-0.25, -0.2) is 0 Å². The molecular weight excluding hydrogens is 256 g/mol. The first-order valence-electron chi connectivity index (χ1n) is 7.46. The Hall–Kier alpha value is -2.06. The summed E-state index contributed by atoms with van der Waals surface area (Å²) in [4.78, 5) is 0. The second-order valence-electron chi connectivity index (χ2n) is 5.74. The van der Waals surface area contributed by atoms with Gasteiger partial charge in [-0.1, -0.05) is 48.0 Å². The summed E-state index contributed by atoms with van der Waals surface area (Å²) < 4.78 is 2.30. The van der Waals surface area contributed by atoms with Gasteiger partial charge in [-0.2, -0.15) is 0 Å². The molecule has 0 radical (unpaired) electrons. The molecule has 2 aromatic carbocycles. The van der Waals surface area contributed by atoms with Crippen LogP contribution in [0.4, 0.5) is 0 Å². The van der Waals surface area contributed by atoms with E-state index < -0.39 is 0 Å². The fraction of sp³-hybridized carbons (Fsp3) is 0.263. The zero-order valence-electron chi connectivity index (χ0n) is 13.0. The lowest BCUT2D eigenvalue weighted by Gasteiger charge is -2.08. The molecule has 108 valence electrons. The van der Waals surface area contributed by atoms with E-state index in [4.69, 9.17) is 0 Å². The summed E-state index contributed by atoms with van der Waals surface area (Å²) in [7, 11) is 2.15. The average Bonchev–Trinajstić information content (AvgIpc) is 2.73. The van der Waals surface area contributed by atoms with Crippen molar-refractivity contribution < 1.29 is 0 Å². The summed E-state index contributed by atoms with van der Waals surface area (Å²) in [6.07, 6.45) is 0. The van der Waals surface area contributed by atoms with Crippen molar-refractivity contribution in [2.24, 2.45) is 7.05 Å². The van der Waals surface area contributed by atoms with Crippen LogP contribution in [0.25, 0.3) is 10.9 Å². The molecule has 0 saturated heterocycles. The van der Waals surface area contributed by atoms with Crippen LogP contribution in [0.5, 0.6) is 0 Å². The van der Waals surface area contributed by atoms with E-state index in [0.717, 1.165) is 13.1 Å². The topological polar surface area (TPSA) is 17.0 Å². The maximum Gasteiger partial charge on any atom is 0.0483 e. The first-order chi connectivity index (χ1) is 10.2. The Kier molecular flexibility index (Phi) is 3.80. The summed E-state index contributed by atoms with van der Waals surface area (Å²) in [5.74, 6) is 0. The monoisotopic (exact) mass is 278 g/mol. The molecule has 0 aliphatic rings. The predicted octanol–water partition coefficient (Wildman–Crippen LogP) is 4.08. The van der Waals surface area contributed by atoms with Gasteiger partial charge in [0.15, 0.2) is 0 Å². The van der Waals surface area contributed by atoms with E-state index in [1.165, 1.54) is 33.3 Å². The summed E-state index contributed by atoms with van der Waals surface area (Å²) in [5, 5.41) is 4.92. The van der Waals surface area contributed by atoms with Crippen molar-refractivity contribution in [3.63, 3.8) is 0 Å². The number of para-hydroxylation sites is 1. The Bertz CT molecular complexity index is 729. The Morgan fingerprint density at radius 2 is 1.76 bits per heavy atom. The normalized spacial score (nSPS) is 11.2. The molecule has 3 rings (SSSR count). The minimum Gasteiger partial charge on any atom is -0.346 e. The summed E-state index contributed by atoms with van der Waals surface area (Å²) in [5.41, 5.74) is 6.71. The zero-order chi connectivity index (χ0) is 14.8. The molecule has 0 fully saturated rings. The minimum atomic E-state index is 0.894. The van der Waals surface area contributed by atoms with Crippen molar-refractivity contribution in [1.82, 2.24) is 9.88 Å². The lowest BCUT2D eigenvalue weighted by Crippen LogP contribution is -2.15. The maximum atomic E-state index is 3.57. The molecule has 3 aromatic rings. The van der Waals surface area contributed by atoms with Crippen LogP contribution in [-0.4, -0.2) is 4.57 Å². The number of aromatic nitrogens is 1. The van der Waals surface area contributed by atoms with Crippen LogP contribution in [0.2, 0.25) is 0 Å². The largest absolute Gasteiger partial charge is 0.346 e. The van der Waals surface area contributed by atoms with Crippen LogP contribution in [-0.2, 0) is 20.1 Å². The van der Waals surface area contributed by atoms with E-state index in [2.05, 4.69) is 79.3 Å². The molecule has 2 nitrogen and oxygen atoms in total. The van der Waals surface area contributed by atoms with E-state index in [-0.39, 0.29) is 0 Å². The molecular formula is C19H22N2. The van der Waals surface area contributed by atoms with Gasteiger partial charge in [-0.15, -0.1) is 0 Å². The highest BCUT2D eigenvalue weighted by Crippen LogP contribution is 2.24. The molecule has 0 amide bonds. The van der Waals surface area contributed by atoms with Crippen LogP contribution in [0.1, 0.15) is 22.4 Å². The van der Waals surface area contributed by atoms with Crippen molar-refractivity contribution in [3.05, 3.63) is 70.9 Å². The highest BCUT2D eigenvalue weighted by atomic mass is 15.0. The van der Waals surface area contributed by atoms with Crippen molar-refractivity contribution >= 4 is 10.9 Å². The van der Waals surface area contributed by atoms with E-state index in [9.17, 15) is 0 Å². The van der Waals surface area contributed by atoms with Crippen molar-refractivity contribution in [1.29, 1.82) is 0 Å². The lowest BCUT2D eigenvalue weighted by molar-refractivity contribution is 0.656. The van der Waals surface area contributed by atoms with Gasteiger partial charge in [0, 0.05) is 36.7 Å². The van der Waals surface area contributed by atoms with Crippen molar-refractivity contribution in [3.8, 4) is 0 Å². The molecule has 0 spiro atoms. The number of aryl methyl sites for hydroxylation is 3. The molecule has 1 N–H and O–H groups in total. The van der Waals surface area contributed by atoms with Crippen molar-refractivity contribution in [2.45, 2.75) is 26.9 Å². The summed E-state index contributed by atoms with van der Waals surface area (Å²) in [6.45, 7) is 6.15. The smallest absolute Gasteiger partial charge is 0.0483 e. The van der Waals surface area contributed by atoms with Crippen LogP contribution in [0.3, 0.4) is 0 Å². The second kappa shape index (κ2) is 5.74. The van der Waals surface area contributed by atoms with Crippen LogP contribution >= 0.6 is 0 Å². The number of nitrogens with zero attached hydrogens (tertiary/aromatic N) is 1. The molecule has 0 aliphatic heterocycles. The fourth-order valence-corrected chi connectivity index (χ4v) is 3.03. The molecule has 0 atom stereocenters. The van der Waals surface area contributed by atoms with Gasteiger partial charge < -0.3 is 9.88 Å². The van der Waals surface area contributed by atoms with E-state index in [0.29, 0.717) is 0 Å². The Balaban J connectivity index is 1.76. The predicted molar refractivity (Wildman–Crippen MR) is 89.4 cm³/mol. The fourth-order valence-electron chi connectivity index (χ4n) is 3.03. The van der Waals surface area contributed by atoms with Gasteiger partial charge in [0.05, 0.1) is 0 Å². The van der Waals surface area contributed by atoms with E-state index in [1.54, 1.807) is 0 Å². The quantitative estimate of drug-likeness (QED) is 0.760. The average molecular weight is 278 g/mol. The second-order valence-corrected chi connectivity index (χ2v) is 5.74. The van der Waals surface area contributed by atoms with Gasteiger partial charge in [0.1, 0.15) is 0 Å². The van der Waals surface area contributed by atoms with Crippen LogP contribution in [0.15, 0.2) is 48.5 Å². The summed E-state index contributed by atoms with van der Waals surface area (Å²) in [6, 6.07) is 17.3. The van der Waals surface area contributed by atoms with Crippen LogP contribution in [0, 0.1) is 13.8 Å². The minimum absolute atomic E-state index is 0.894. The Morgan fingerprint density at radius 3 is 2.52 bits per heavy atom. The lowest BCUT2D eigenvalue weighted by atomic mass is 10.1. The number of hydrogen-bond acceptors (Lipinski definition) is 1. The highest BCUT2D eigenvalue weighted by Gasteiger charge is 2.10. The third kappa shape index (κ3) is 2.72. The number of benzene rings is 2. The Labute approximate surface area is 126 Å². The molecule has 0 aliphatic carbocycles. The molecule has 0 bridgehead atoms. The molecule has 1 aromatic heterocycles. The van der Waals surface area contributed by atoms with E-state index in [1.807, 2.05) is 0 Å². The van der Waals surface area contributed by atoms with Gasteiger partial charge >= 0.3 is 0 Å². The molecule has 1 heterocycles. The molecule has 21 heavy (non-hydrogen) atoms. The third-order valence-corrected chi connectivity index (χ3v) is 4.21. The van der Waals surface area contributed by atoms with Gasteiger partial charge in [-0.05, 0) is 31.0 Å². The number of nitrogens with one attached hydrogen (secondary N) is 1. The number of fused-ring (bicyclic) bond motifs is 1. The first-order valence-corrected chi connectivity index (χ1v) is 7.46. The molecule has 2 heteroatoms. The zero-order valence-corrected chi connectivity index (χ0v) is 13.0. The van der Waals surface area contributed by atoms with Gasteiger partial charge in [0.25, 0.3) is 0 Å². The van der Waals surface area contributed by atoms with Gasteiger partial charge in [-0.3, -0.25) is 0 Å².